The number of benzene rings is 1. The van der Waals surface area contributed by atoms with E-state index in [4.69, 9.17) is 0 Å². The summed E-state index contributed by atoms with van der Waals surface area (Å²) in [7, 11) is 0. The lowest BCUT2D eigenvalue weighted by Gasteiger charge is -2.16. The van der Waals surface area contributed by atoms with E-state index < -0.39 is 0 Å². The van der Waals surface area contributed by atoms with Gasteiger partial charge in [0, 0.05) is 17.8 Å². The van der Waals surface area contributed by atoms with Crippen LogP contribution in [0.3, 0.4) is 0 Å². The van der Waals surface area contributed by atoms with Gasteiger partial charge in [-0.3, -0.25) is 0 Å². The van der Waals surface area contributed by atoms with E-state index in [1.165, 1.54) is 31.2 Å². The molecule has 1 fully saturated rings. The Morgan fingerprint density at radius 1 is 1.05 bits per heavy atom. The zero-order chi connectivity index (χ0) is 15.4. The van der Waals surface area contributed by atoms with Crippen molar-refractivity contribution in [2.24, 2.45) is 0 Å². The molecule has 0 radical (unpaired) electrons. The summed E-state index contributed by atoms with van der Waals surface area (Å²) in [5.74, 6) is 2.22. The van der Waals surface area contributed by atoms with Crippen LogP contribution in [-0.4, -0.2) is 16.0 Å². The van der Waals surface area contributed by atoms with Gasteiger partial charge >= 0.3 is 0 Å². The number of hydrogen-bond donors (Lipinski definition) is 2. The molecule has 3 rings (SSSR count). The van der Waals surface area contributed by atoms with Crippen LogP contribution >= 0.6 is 0 Å². The molecule has 1 aliphatic carbocycles. The fourth-order valence-electron chi connectivity index (χ4n) is 3.04. The molecule has 0 unspecified atom stereocenters. The topological polar surface area (TPSA) is 49.8 Å². The van der Waals surface area contributed by atoms with Crippen molar-refractivity contribution in [2.45, 2.75) is 51.5 Å². The largest absolute Gasteiger partial charge is 0.367 e. The fraction of sp³-hybridized carbons (Fsp3) is 0.444. The summed E-state index contributed by atoms with van der Waals surface area (Å²) < 4.78 is 0. The van der Waals surface area contributed by atoms with Gasteiger partial charge in [-0.2, -0.15) is 0 Å². The minimum atomic E-state index is 0.474. The van der Waals surface area contributed by atoms with Crippen molar-refractivity contribution in [1.82, 2.24) is 9.97 Å². The Morgan fingerprint density at radius 2 is 1.77 bits per heavy atom. The first kappa shape index (κ1) is 14.8. The maximum Gasteiger partial charge on any atom is 0.135 e. The van der Waals surface area contributed by atoms with Crippen molar-refractivity contribution in [2.75, 3.05) is 10.6 Å². The molecule has 1 aromatic heterocycles. The minimum absolute atomic E-state index is 0.474. The van der Waals surface area contributed by atoms with Gasteiger partial charge in [0.25, 0.3) is 0 Å². The second kappa shape index (κ2) is 6.77. The number of hydrogen-bond acceptors (Lipinski definition) is 4. The van der Waals surface area contributed by atoms with Crippen LogP contribution in [0.2, 0.25) is 0 Å². The average Bonchev–Trinajstić information content (AvgIpc) is 3.01. The highest BCUT2D eigenvalue weighted by molar-refractivity contribution is 5.63. The van der Waals surface area contributed by atoms with E-state index in [0.717, 1.165) is 17.3 Å². The van der Waals surface area contributed by atoms with Crippen LogP contribution in [0.1, 0.15) is 51.0 Å². The zero-order valence-electron chi connectivity index (χ0n) is 13.3. The Labute approximate surface area is 132 Å². The lowest BCUT2D eigenvalue weighted by Crippen LogP contribution is -2.15. The maximum atomic E-state index is 4.35. The molecule has 4 heteroatoms. The van der Waals surface area contributed by atoms with E-state index in [2.05, 4.69) is 52.6 Å². The van der Waals surface area contributed by atoms with Crippen molar-refractivity contribution in [1.29, 1.82) is 0 Å². The number of para-hydroxylation sites is 1. The summed E-state index contributed by atoms with van der Waals surface area (Å²) in [6.45, 7) is 4.40. The second-order valence-corrected chi connectivity index (χ2v) is 6.28. The van der Waals surface area contributed by atoms with Crippen molar-refractivity contribution < 1.29 is 0 Å². The van der Waals surface area contributed by atoms with Gasteiger partial charge in [-0.1, -0.05) is 44.9 Å². The Bertz CT molecular complexity index is 618. The van der Waals surface area contributed by atoms with E-state index in [-0.39, 0.29) is 0 Å². The first-order valence-corrected chi connectivity index (χ1v) is 8.17. The lowest BCUT2D eigenvalue weighted by atomic mass is 10.0. The quantitative estimate of drug-likeness (QED) is 0.839. The molecule has 1 aliphatic rings. The van der Waals surface area contributed by atoms with E-state index in [0.29, 0.717) is 12.0 Å². The summed E-state index contributed by atoms with van der Waals surface area (Å²) >= 11 is 0. The van der Waals surface area contributed by atoms with Gasteiger partial charge in [-0.15, -0.1) is 0 Å². The molecular formula is C18H24N4. The summed E-state index contributed by atoms with van der Waals surface area (Å²) in [4.78, 5) is 8.69. The molecule has 116 valence electrons. The van der Waals surface area contributed by atoms with Crippen LogP contribution in [0.5, 0.6) is 0 Å². The molecule has 2 aromatic rings. The monoisotopic (exact) mass is 296 g/mol. The summed E-state index contributed by atoms with van der Waals surface area (Å²) in [6.07, 6.45) is 6.73. The highest BCUT2D eigenvalue weighted by Crippen LogP contribution is 2.27. The van der Waals surface area contributed by atoms with Crippen LogP contribution in [0.25, 0.3) is 0 Å². The molecule has 0 aliphatic heterocycles. The molecule has 1 saturated carbocycles. The van der Waals surface area contributed by atoms with Crippen LogP contribution < -0.4 is 10.6 Å². The zero-order valence-corrected chi connectivity index (χ0v) is 13.3. The van der Waals surface area contributed by atoms with Gasteiger partial charge in [-0.05, 0) is 30.4 Å². The normalized spacial score (nSPS) is 15.2. The number of rotatable bonds is 5. The summed E-state index contributed by atoms with van der Waals surface area (Å²) in [5.41, 5.74) is 2.41. The first-order valence-electron chi connectivity index (χ1n) is 8.17. The summed E-state index contributed by atoms with van der Waals surface area (Å²) in [6, 6.07) is 10.9. The Balaban J connectivity index is 1.75. The van der Waals surface area contributed by atoms with Gasteiger partial charge in [0.2, 0.25) is 0 Å². The predicted octanol–water partition coefficient (Wildman–Crippen LogP) is 4.70. The molecule has 0 bridgehead atoms. The minimum Gasteiger partial charge on any atom is -0.367 e. The van der Waals surface area contributed by atoms with E-state index in [1.54, 1.807) is 6.33 Å². The molecule has 0 amide bonds. The number of aromatic nitrogens is 2. The molecule has 0 spiro atoms. The van der Waals surface area contributed by atoms with Gasteiger partial charge in [0.05, 0.1) is 0 Å². The Hall–Kier alpha value is -2.10. The summed E-state index contributed by atoms with van der Waals surface area (Å²) in [5, 5.41) is 6.94. The smallest absolute Gasteiger partial charge is 0.135 e. The van der Waals surface area contributed by atoms with Crippen molar-refractivity contribution in [3.8, 4) is 0 Å². The van der Waals surface area contributed by atoms with Gasteiger partial charge < -0.3 is 10.6 Å². The van der Waals surface area contributed by atoms with Crippen LogP contribution in [-0.2, 0) is 0 Å². The third kappa shape index (κ3) is 3.56. The predicted molar refractivity (Wildman–Crippen MR) is 91.7 cm³/mol. The second-order valence-electron chi connectivity index (χ2n) is 6.28. The number of anilines is 3. The SMILES string of the molecule is CC(C)c1ccccc1Nc1cc(NC2CCCC2)ncn1. The van der Waals surface area contributed by atoms with Crippen molar-refractivity contribution in [3.63, 3.8) is 0 Å². The Morgan fingerprint density at radius 3 is 2.55 bits per heavy atom. The van der Waals surface area contributed by atoms with Gasteiger partial charge in [0.1, 0.15) is 18.0 Å². The molecule has 4 nitrogen and oxygen atoms in total. The van der Waals surface area contributed by atoms with Gasteiger partial charge in [-0.25, -0.2) is 9.97 Å². The van der Waals surface area contributed by atoms with Crippen LogP contribution in [0.4, 0.5) is 17.3 Å². The maximum absolute atomic E-state index is 4.35. The molecule has 1 heterocycles. The van der Waals surface area contributed by atoms with E-state index >= 15 is 0 Å². The molecule has 0 atom stereocenters. The number of nitrogens with one attached hydrogen (secondary N) is 2. The standard InChI is InChI=1S/C18H24N4/c1-13(2)15-9-5-6-10-16(15)22-18-11-17(19-12-20-18)21-14-7-3-4-8-14/h5-6,9-14H,3-4,7-8H2,1-2H3,(H2,19,20,21,22). The third-order valence-corrected chi connectivity index (χ3v) is 4.22. The highest BCUT2D eigenvalue weighted by Gasteiger charge is 2.15. The number of nitrogens with zero attached hydrogens (tertiary/aromatic N) is 2. The van der Waals surface area contributed by atoms with Gasteiger partial charge in [0.15, 0.2) is 0 Å². The average molecular weight is 296 g/mol. The van der Waals surface area contributed by atoms with Crippen molar-refractivity contribution in [3.05, 3.63) is 42.2 Å². The molecular weight excluding hydrogens is 272 g/mol. The fourth-order valence-corrected chi connectivity index (χ4v) is 3.04. The molecule has 1 aromatic carbocycles. The first-order chi connectivity index (χ1) is 10.7. The Kier molecular flexibility index (Phi) is 4.56. The van der Waals surface area contributed by atoms with E-state index in [1.807, 2.05) is 12.1 Å². The molecule has 0 saturated heterocycles. The molecule has 2 N–H and O–H groups in total. The van der Waals surface area contributed by atoms with E-state index in [9.17, 15) is 0 Å². The van der Waals surface area contributed by atoms with Crippen LogP contribution in [0, 0.1) is 0 Å². The van der Waals surface area contributed by atoms with Crippen molar-refractivity contribution >= 4 is 17.3 Å². The highest BCUT2D eigenvalue weighted by atomic mass is 15.1. The lowest BCUT2D eigenvalue weighted by molar-refractivity contribution is 0.750. The molecule has 22 heavy (non-hydrogen) atoms. The van der Waals surface area contributed by atoms with Crippen LogP contribution in [0.15, 0.2) is 36.7 Å². The third-order valence-electron chi connectivity index (χ3n) is 4.22.